The van der Waals surface area contributed by atoms with E-state index in [0.29, 0.717) is 39.1 Å². The number of rotatable bonds is 4. The zero-order valence-corrected chi connectivity index (χ0v) is 21.3. The van der Waals surface area contributed by atoms with E-state index in [-0.39, 0.29) is 5.56 Å². The fourth-order valence-electron chi connectivity index (χ4n) is 4.35. The van der Waals surface area contributed by atoms with Crippen molar-refractivity contribution in [3.8, 4) is 23.5 Å². The van der Waals surface area contributed by atoms with Gasteiger partial charge in [0, 0.05) is 34.9 Å². The molecule has 0 fully saturated rings. The molecule has 0 aliphatic carbocycles. The van der Waals surface area contributed by atoms with Crippen LogP contribution >= 0.6 is 22.6 Å². The monoisotopic (exact) mass is 572 g/mol. The van der Waals surface area contributed by atoms with E-state index in [1.54, 1.807) is 40.8 Å². The predicted octanol–water partition coefficient (Wildman–Crippen LogP) is 4.20. The lowest BCUT2D eigenvalue weighted by atomic mass is 9.86. The summed E-state index contributed by atoms with van der Waals surface area (Å²) in [4.78, 5) is 22.0. The molecule has 0 aliphatic rings. The number of hydrogen-bond donors (Lipinski definition) is 1. The number of imidazole rings is 1. The van der Waals surface area contributed by atoms with Crippen LogP contribution in [0.15, 0.2) is 84.0 Å². The molecule has 172 valence electrons. The van der Waals surface area contributed by atoms with Crippen molar-refractivity contribution in [3.63, 3.8) is 0 Å². The summed E-state index contributed by atoms with van der Waals surface area (Å²) in [6.07, 6.45) is 8.90. The number of aromatic nitrogens is 4. The van der Waals surface area contributed by atoms with Gasteiger partial charge in [0.25, 0.3) is 5.56 Å². The Kier molecular flexibility index (Phi) is 5.79. The van der Waals surface area contributed by atoms with E-state index < -0.39 is 5.60 Å². The van der Waals surface area contributed by atoms with Gasteiger partial charge < -0.3 is 14.2 Å². The van der Waals surface area contributed by atoms with Gasteiger partial charge in [0.1, 0.15) is 0 Å². The number of halogens is 1. The molecule has 0 unspecified atom stereocenters. The average Bonchev–Trinajstić information content (AvgIpc) is 3.32. The summed E-state index contributed by atoms with van der Waals surface area (Å²) in [6.45, 7) is 0. The molecule has 5 rings (SSSR count). The highest BCUT2D eigenvalue weighted by atomic mass is 127. The molecule has 0 saturated heterocycles. The van der Waals surface area contributed by atoms with Crippen LogP contribution in [0.25, 0.3) is 22.2 Å². The van der Waals surface area contributed by atoms with Gasteiger partial charge in [-0.05, 0) is 70.1 Å². The summed E-state index contributed by atoms with van der Waals surface area (Å²) in [5.74, 6) is 2.64. The first-order chi connectivity index (χ1) is 16.8. The number of aliphatic hydroxyl groups is 1. The Labute approximate surface area is 216 Å². The summed E-state index contributed by atoms with van der Waals surface area (Å²) >= 11 is 2.23. The van der Waals surface area contributed by atoms with Crippen LogP contribution in [0.3, 0.4) is 0 Å². The van der Waals surface area contributed by atoms with Gasteiger partial charge in [-0.2, -0.15) is 0 Å². The van der Waals surface area contributed by atoms with Crippen LogP contribution in [0.2, 0.25) is 0 Å². The molecule has 0 bridgehead atoms. The lowest BCUT2D eigenvalue weighted by Gasteiger charge is -2.29. The Hall–Kier alpha value is -3.74. The molecular weight excluding hydrogens is 551 g/mol. The SMILES string of the molecule is C#Cc1cccc(-c2cc(=O)n(C)c3ccc([C@](O)(c4ccc(I)cc4)c4cncn4C)nc23)c1. The summed E-state index contributed by atoms with van der Waals surface area (Å²) in [5.41, 5.74) is 3.30. The summed E-state index contributed by atoms with van der Waals surface area (Å²) < 4.78 is 4.38. The molecule has 7 heteroatoms. The predicted molar refractivity (Wildman–Crippen MR) is 145 cm³/mol. The van der Waals surface area contributed by atoms with Crippen molar-refractivity contribution in [2.45, 2.75) is 5.60 Å². The molecule has 0 saturated carbocycles. The van der Waals surface area contributed by atoms with Gasteiger partial charge in [-0.15, -0.1) is 6.42 Å². The standard InChI is InChI=1S/C28H21IN4O2/c1-4-18-6-5-7-19(14-18)22-15-26(34)33(3)23-12-13-24(31-27(22)23)28(35,25-16-30-17-32(25)2)20-8-10-21(29)11-9-20/h1,5-17,35H,2-3H3/t28-/m1/s1. The van der Waals surface area contributed by atoms with E-state index in [4.69, 9.17) is 11.4 Å². The first kappa shape index (κ1) is 23.0. The third kappa shape index (κ3) is 3.85. The maximum atomic E-state index is 12.8. The van der Waals surface area contributed by atoms with Gasteiger partial charge in [0.2, 0.25) is 0 Å². The highest BCUT2D eigenvalue weighted by molar-refractivity contribution is 14.1. The summed E-state index contributed by atoms with van der Waals surface area (Å²) in [7, 11) is 3.54. The van der Waals surface area contributed by atoms with Crippen molar-refractivity contribution in [2.75, 3.05) is 0 Å². The molecule has 3 heterocycles. The number of fused-ring (bicyclic) bond motifs is 1. The van der Waals surface area contributed by atoms with Crippen LogP contribution in [0.4, 0.5) is 0 Å². The normalized spacial score (nSPS) is 12.9. The molecule has 0 aliphatic heterocycles. The van der Waals surface area contributed by atoms with E-state index in [9.17, 15) is 9.90 Å². The molecule has 3 aromatic heterocycles. The van der Waals surface area contributed by atoms with Crippen LogP contribution in [0, 0.1) is 15.9 Å². The van der Waals surface area contributed by atoms with Crippen LogP contribution < -0.4 is 5.56 Å². The van der Waals surface area contributed by atoms with E-state index in [2.05, 4.69) is 33.5 Å². The minimum atomic E-state index is -1.57. The number of hydrogen-bond acceptors (Lipinski definition) is 4. The van der Waals surface area contributed by atoms with Crippen molar-refractivity contribution >= 4 is 33.6 Å². The highest BCUT2D eigenvalue weighted by Gasteiger charge is 2.38. The van der Waals surface area contributed by atoms with E-state index in [0.717, 1.165) is 9.13 Å². The Balaban J connectivity index is 1.84. The van der Waals surface area contributed by atoms with Crippen LogP contribution in [-0.4, -0.2) is 24.2 Å². The highest BCUT2D eigenvalue weighted by Crippen LogP contribution is 2.37. The molecular formula is C28H21IN4O2. The number of pyridine rings is 2. The largest absolute Gasteiger partial charge is 0.373 e. The molecule has 0 spiro atoms. The lowest BCUT2D eigenvalue weighted by Crippen LogP contribution is -2.32. The average molecular weight is 572 g/mol. The molecule has 1 atom stereocenters. The maximum absolute atomic E-state index is 12.8. The quantitative estimate of drug-likeness (QED) is 0.259. The van der Waals surface area contributed by atoms with Gasteiger partial charge in [-0.25, -0.2) is 9.97 Å². The van der Waals surface area contributed by atoms with Crippen LogP contribution in [0.5, 0.6) is 0 Å². The van der Waals surface area contributed by atoms with Crippen molar-refractivity contribution in [3.05, 3.63) is 116 Å². The minimum absolute atomic E-state index is 0.160. The molecule has 5 aromatic rings. The number of nitrogens with zero attached hydrogens (tertiary/aromatic N) is 4. The zero-order valence-electron chi connectivity index (χ0n) is 19.1. The van der Waals surface area contributed by atoms with Gasteiger partial charge in [0.05, 0.1) is 34.9 Å². The van der Waals surface area contributed by atoms with Gasteiger partial charge in [-0.1, -0.05) is 30.2 Å². The Morgan fingerprint density at radius 3 is 2.51 bits per heavy atom. The van der Waals surface area contributed by atoms with E-state index >= 15 is 0 Å². The minimum Gasteiger partial charge on any atom is -0.373 e. The Bertz CT molecular complexity index is 1680. The molecule has 1 N–H and O–H groups in total. The van der Waals surface area contributed by atoms with E-state index in [1.165, 1.54) is 0 Å². The fourth-order valence-corrected chi connectivity index (χ4v) is 4.71. The third-order valence-corrected chi connectivity index (χ3v) is 6.97. The number of aryl methyl sites for hydroxylation is 2. The number of terminal acetylenes is 1. The van der Waals surface area contributed by atoms with Crippen molar-refractivity contribution in [2.24, 2.45) is 14.1 Å². The summed E-state index contributed by atoms with van der Waals surface area (Å²) in [6, 6.07) is 20.2. The van der Waals surface area contributed by atoms with Crippen molar-refractivity contribution < 1.29 is 5.11 Å². The molecule has 6 nitrogen and oxygen atoms in total. The van der Waals surface area contributed by atoms with Gasteiger partial charge >= 0.3 is 0 Å². The van der Waals surface area contributed by atoms with E-state index in [1.807, 2.05) is 61.6 Å². The van der Waals surface area contributed by atoms with Gasteiger partial charge in [-0.3, -0.25) is 4.79 Å². The maximum Gasteiger partial charge on any atom is 0.251 e. The Morgan fingerprint density at radius 2 is 1.83 bits per heavy atom. The second-order valence-corrected chi connectivity index (χ2v) is 9.60. The molecule has 0 radical (unpaired) electrons. The second kappa shape index (κ2) is 8.80. The number of benzene rings is 2. The van der Waals surface area contributed by atoms with Crippen LogP contribution in [-0.2, 0) is 19.7 Å². The smallest absolute Gasteiger partial charge is 0.251 e. The lowest BCUT2D eigenvalue weighted by molar-refractivity contribution is 0.113. The molecule has 35 heavy (non-hydrogen) atoms. The van der Waals surface area contributed by atoms with Gasteiger partial charge in [0.15, 0.2) is 5.60 Å². The topological polar surface area (TPSA) is 72.9 Å². The first-order valence-electron chi connectivity index (χ1n) is 10.9. The molecule has 0 amide bonds. The Morgan fingerprint density at radius 1 is 1.06 bits per heavy atom. The fraction of sp³-hybridized carbons (Fsp3) is 0.107. The van der Waals surface area contributed by atoms with Crippen LogP contribution in [0.1, 0.15) is 22.5 Å². The van der Waals surface area contributed by atoms with Crippen molar-refractivity contribution in [1.29, 1.82) is 0 Å². The summed E-state index contributed by atoms with van der Waals surface area (Å²) in [5, 5.41) is 12.3. The third-order valence-electron chi connectivity index (χ3n) is 6.25. The zero-order chi connectivity index (χ0) is 24.7. The van der Waals surface area contributed by atoms with Crippen molar-refractivity contribution in [1.82, 2.24) is 19.1 Å². The molecule has 2 aromatic carbocycles. The first-order valence-corrected chi connectivity index (χ1v) is 11.9. The second-order valence-electron chi connectivity index (χ2n) is 8.35.